The number of carbonyl (C=O) groups is 1. The number of halogens is 1. The summed E-state index contributed by atoms with van der Waals surface area (Å²) < 4.78 is 19.3. The number of nitrogens with one attached hydrogen (secondary N) is 2. The molecule has 0 spiro atoms. The maximum atomic E-state index is 14.1. The Hall–Kier alpha value is -1.70. The highest BCUT2D eigenvalue weighted by Crippen LogP contribution is 2.40. The van der Waals surface area contributed by atoms with Gasteiger partial charge in [0.15, 0.2) is 0 Å². The van der Waals surface area contributed by atoms with E-state index in [1.807, 2.05) is 18.0 Å². The van der Waals surface area contributed by atoms with Crippen molar-refractivity contribution in [3.8, 4) is 0 Å². The first-order chi connectivity index (χ1) is 17.0. The summed E-state index contributed by atoms with van der Waals surface area (Å²) in [6, 6.07) is 6.38. The SMILES string of the molecule is CNCC(CC1CCCCC1)NC(=O)N1CCC[C@@H]([C@@](O)(CCCCOC)c2cccc(F)c2)C1. The molecular formula is C28H46FN3O3. The predicted molar refractivity (Wildman–Crippen MR) is 138 cm³/mol. The minimum atomic E-state index is -1.18. The smallest absolute Gasteiger partial charge is 0.317 e. The molecule has 3 rings (SSSR count). The van der Waals surface area contributed by atoms with Crippen LogP contribution in [-0.4, -0.2) is 62.5 Å². The molecule has 0 aromatic heterocycles. The molecule has 35 heavy (non-hydrogen) atoms. The Morgan fingerprint density at radius 1 is 1.23 bits per heavy atom. The van der Waals surface area contributed by atoms with Crippen LogP contribution in [0.1, 0.15) is 76.2 Å². The van der Waals surface area contributed by atoms with E-state index in [2.05, 4.69) is 10.6 Å². The summed E-state index contributed by atoms with van der Waals surface area (Å²) in [5.41, 5.74) is -0.575. The number of urea groups is 1. The van der Waals surface area contributed by atoms with Crippen molar-refractivity contribution in [2.75, 3.05) is 40.4 Å². The zero-order valence-corrected chi connectivity index (χ0v) is 21.7. The molecule has 198 valence electrons. The predicted octanol–water partition coefficient (Wildman–Crippen LogP) is 4.81. The van der Waals surface area contributed by atoms with Gasteiger partial charge in [-0.2, -0.15) is 0 Å². The molecule has 1 unspecified atom stereocenters. The van der Waals surface area contributed by atoms with Gasteiger partial charge in [-0.25, -0.2) is 9.18 Å². The summed E-state index contributed by atoms with van der Waals surface area (Å²) in [6.45, 7) is 2.54. The van der Waals surface area contributed by atoms with Crippen LogP contribution < -0.4 is 10.6 Å². The summed E-state index contributed by atoms with van der Waals surface area (Å²) in [5.74, 6) is 0.190. The third kappa shape index (κ3) is 8.16. The number of aliphatic hydroxyl groups is 1. The fourth-order valence-corrected chi connectivity index (χ4v) is 6.07. The first-order valence-electron chi connectivity index (χ1n) is 13.6. The molecule has 0 radical (unpaired) electrons. The average molecular weight is 492 g/mol. The van der Waals surface area contributed by atoms with Crippen molar-refractivity contribution >= 4 is 6.03 Å². The number of likely N-dealkylation sites (tertiary alicyclic amines) is 1. The Labute approximate surface area is 211 Å². The molecule has 3 N–H and O–H groups in total. The van der Waals surface area contributed by atoms with Crippen LogP contribution in [0.3, 0.4) is 0 Å². The number of carbonyl (C=O) groups excluding carboxylic acids is 1. The first-order valence-corrected chi connectivity index (χ1v) is 13.6. The third-order valence-corrected chi connectivity index (χ3v) is 7.99. The highest BCUT2D eigenvalue weighted by atomic mass is 19.1. The number of amides is 2. The average Bonchev–Trinajstić information content (AvgIpc) is 2.87. The zero-order chi connectivity index (χ0) is 25.1. The van der Waals surface area contributed by atoms with Gasteiger partial charge < -0.3 is 25.4 Å². The van der Waals surface area contributed by atoms with Crippen LogP contribution in [0.25, 0.3) is 0 Å². The maximum absolute atomic E-state index is 14.1. The van der Waals surface area contributed by atoms with Gasteiger partial charge in [0, 0.05) is 45.3 Å². The van der Waals surface area contributed by atoms with Crippen LogP contribution in [0.15, 0.2) is 24.3 Å². The molecule has 1 aromatic carbocycles. The quantitative estimate of drug-likeness (QED) is 0.367. The summed E-state index contributed by atoms with van der Waals surface area (Å²) in [4.78, 5) is 15.2. The fourth-order valence-electron chi connectivity index (χ4n) is 6.07. The van der Waals surface area contributed by atoms with Gasteiger partial charge in [0.05, 0.1) is 5.60 Å². The lowest BCUT2D eigenvalue weighted by atomic mass is 9.74. The third-order valence-electron chi connectivity index (χ3n) is 7.99. The van der Waals surface area contributed by atoms with E-state index in [0.29, 0.717) is 37.6 Å². The minimum absolute atomic E-state index is 0.0493. The van der Waals surface area contributed by atoms with Crippen molar-refractivity contribution in [1.29, 1.82) is 0 Å². The highest BCUT2D eigenvalue weighted by Gasteiger charge is 2.41. The van der Waals surface area contributed by atoms with Gasteiger partial charge in [0.25, 0.3) is 0 Å². The Balaban J connectivity index is 1.67. The van der Waals surface area contributed by atoms with Gasteiger partial charge in [-0.05, 0) is 69.2 Å². The molecule has 2 fully saturated rings. The van der Waals surface area contributed by atoms with Crippen molar-refractivity contribution < 1.29 is 19.0 Å². The summed E-state index contributed by atoms with van der Waals surface area (Å²) in [6.07, 6.45) is 11.2. The number of rotatable bonds is 12. The van der Waals surface area contributed by atoms with E-state index in [9.17, 15) is 14.3 Å². The van der Waals surface area contributed by atoms with Crippen LogP contribution >= 0.6 is 0 Å². The second-order valence-electron chi connectivity index (χ2n) is 10.6. The minimum Gasteiger partial charge on any atom is -0.385 e. The molecule has 1 saturated heterocycles. The number of hydrogen-bond acceptors (Lipinski definition) is 4. The lowest BCUT2D eigenvalue weighted by molar-refractivity contribution is -0.0565. The van der Waals surface area contributed by atoms with Crippen molar-refractivity contribution in [2.45, 2.75) is 82.3 Å². The zero-order valence-electron chi connectivity index (χ0n) is 21.7. The number of nitrogens with zero attached hydrogens (tertiary/aromatic N) is 1. The Morgan fingerprint density at radius 2 is 2.03 bits per heavy atom. The van der Waals surface area contributed by atoms with E-state index in [-0.39, 0.29) is 23.8 Å². The van der Waals surface area contributed by atoms with Crippen molar-refractivity contribution in [1.82, 2.24) is 15.5 Å². The highest BCUT2D eigenvalue weighted by molar-refractivity contribution is 5.74. The number of likely N-dealkylation sites (N-methyl/N-ethyl adjacent to an activating group) is 1. The number of benzene rings is 1. The summed E-state index contributed by atoms with van der Waals surface area (Å²) >= 11 is 0. The molecule has 1 saturated carbocycles. The van der Waals surface area contributed by atoms with Crippen molar-refractivity contribution in [3.05, 3.63) is 35.6 Å². The van der Waals surface area contributed by atoms with E-state index in [4.69, 9.17) is 4.74 Å². The lowest BCUT2D eigenvalue weighted by Gasteiger charge is -2.43. The van der Waals surface area contributed by atoms with Gasteiger partial charge in [0.2, 0.25) is 0 Å². The molecule has 3 atom stereocenters. The van der Waals surface area contributed by atoms with E-state index < -0.39 is 5.60 Å². The summed E-state index contributed by atoms with van der Waals surface area (Å²) in [7, 11) is 3.60. The van der Waals surface area contributed by atoms with Crippen LogP contribution in [0.2, 0.25) is 0 Å². The van der Waals surface area contributed by atoms with E-state index in [0.717, 1.165) is 38.6 Å². The van der Waals surface area contributed by atoms with Gasteiger partial charge in [-0.15, -0.1) is 0 Å². The van der Waals surface area contributed by atoms with E-state index >= 15 is 0 Å². The lowest BCUT2D eigenvalue weighted by Crippen LogP contribution is -2.54. The molecule has 1 aliphatic heterocycles. The van der Waals surface area contributed by atoms with Crippen LogP contribution in [-0.2, 0) is 10.3 Å². The molecular weight excluding hydrogens is 445 g/mol. The van der Waals surface area contributed by atoms with E-state index in [1.165, 1.54) is 44.2 Å². The normalized spacial score (nSPS) is 21.9. The molecule has 2 amide bonds. The van der Waals surface area contributed by atoms with Crippen molar-refractivity contribution in [3.63, 3.8) is 0 Å². The topological polar surface area (TPSA) is 73.8 Å². The Morgan fingerprint density at radius 3 is 2.74 bits per heavy atom. The van der Waals surface area contributed by atoms with Crippen LogP contribution in [0.5, 0.6) is 0 Å². The molecule has 2 aliphatic rings. The van der Waals surface area contributed by atoms with Gasteiger partial charge in [0.1, 0.15) is 5.82 Å². The standard InChI is InChI=1S/C28H46FN3O3/c1-30-20-26(18-22-10-4-3-5-11-22)31-27(33)32-16-9-13-24(21-32)28(34,15-6-7-17-35-2)23-12-8-14-25(29)19-23/h8,12,14,19,22,24,26,30,34H,3-7,9-11,13,15-18,20-21H2,1-2H3,(H,31,33)/t24-,26?,28-/m1/s1. The number of piperidine rings is 1. The first kappa shape index (κ1) is 27.9. The molecule has 6 nitrogen and oxygen atoms in total. The largest absolute Gasteiger partial charge is 0.385 e. The molecule has 1 heterocycles. The second-order valence-corrected chi connectivity index (χ2v) is 10.6. The van der Waals surface area contributed by atoms with Gasteiger partial charge in [-0.1, -0.05) is 44.2 Å². The number of methoxy groups -OCH3 is 1. The molecule has 1 aliphatic carbocycles. The molecule has 1 aromatic rings. The number of unbranched alkanes of at least 4 members (excludes halogenated alkanes) is 1. The van der Waals surface area contributed by atoms with Crippen LogP contribution in [0, 0.1) is 17.7 Å². The Bertz CT molecular complexity index is 774. The molecule has 7 heteroatoms. The number of hydrogen-bond donors (Lipinski definition) is 3. The van der Waals surface area contributed by atoms with E-state index in [1.54, 1.807) is 13.2 Å². The summed E-state index contributed by atoms with van der Waals surface area (Å²) in [5, 5.41) is 18.5. The van der Waals surface area contributed by atoms with Crippen LogP contribution in [0.4, 0.5) is 9.18 Å². The van der Waals surface area contributed by atoms with Gasteiger partial charge in [-0.3, -0.25) is 0 Å². The molecule has 0 bridgehead atoms. The fraction of sp³-hybridized carbons (Fsp3) is 0.750. The Kier molecular flexibility index (Phi) is 11.3. The monoisotopic (exact) mass is 491 g/mol. The maximum Gasteiger partial charge on any atom is 0.317 e. The number of ether oxygens (including phenoxy) is 1. The van der Waals surface area contributed by atoms with Gasteiger partial charge >= 0.3 is 6.03 Å². The second kappa shape index (κ2) is 14.1. The van der Waals surface area contributed by atoms with Crippen molar-refractivity contribution in [2.24, 2.45) is 11.8 Å².